The zero-order chi connectivity index (χ0) is 10.4. The van der Waals surface area contributed by atoms with Crippen molar-refractivity contribution < 1.29 is 4.79 Å². The molecule has 0 bridgehead atoms. The Hall–Kier alpha value is -0.790. The molecule has 1 aliphatic heterocycles. The molecule has 0 atom stereocenters. The fraction of sp³-hybridized carbons (Fsp3) is 0.750. The fourth-order valence-electron chi connectivity index (χ4n) is 2.03. The molecule has 0 unspecified atom stereocenters. The third kappa shape index (κ3) is 3.17. The van der Waals surface area contributed by atoms with Crippen molar-refractivity contribution in [2.75, 3.05) is 13.1 Å². The van der Waals surface area contributed by atoms with E-state index in [1.54, 1.807) is 0 Å². The largest absolute Gasteiger partial charge is 0.343 e. The Morgan fingerprint density at radius 3 is 2.64 bits per heavy atom. The number of carbonyl (C=O) groups is 1. The summed E-state index contributed by atoms with van der Waals surface area (Å²) in [6, 6.07) is 0. The van der Waals surface area contributed by atoms with Crippen molar-refractivity contribution >= 4 is 5.91 Å². The zero-order valence-corrected chi connectivity index (χ0v) is 9.17. The van der Waals surface area contributed by atoms with Gasteiger partial charge in [-0.1, -0.05) is 13.0 Å². The van der Waals surface area contributed by atoms with Crippen LogP contribution in [0.1, 0.15) is 39.0 Å². The molecule has 80 valence electrons. The van der Waals surface area contributed by atoms with E-state index < -0.39 is 0 Å². The van der Waals surface area contributed by atoms with Crippen molar-refractivity contribution in [1.29, 1.82) is 0 Å². The smallest absolute Gasteiger partial charge is 0.222 e. The maximum Gasteiger partial charge on any atom is 0.222 e. The number of allylic oxidation sites excluding steroid dienone is 1. The summed E-state index contributed by atoms with van der Waals surface area (Å²) in [6.07, 6.45) is 7.09. The van der Waals surface area contributed by atoms with E-state index in [1.807, 2.05) is 11.0 Å². The molecule has 1 amide bonds. The van der Waals surface area contributed by atoms with Crippen molar-refractivity contribution in [2.45, 2.75) is 39.0 Å². The maximum absolute atomic E-state index is 11.6. The lowest BCUT2D eigenvalue weighted by molar-refractivity contribution is -0.132. The Balaban J connectivity index is 2.27. The SMILES string of the molecule is C=CCC1CCN(C(=O)CCC)CC1. The molecule has 0 radical (unpaired) electrons. The molecule has 0 spiro atoms. The van der Waals surface area contributed by atoms with Gasteiger partial charge in [-0.2, -0.15) is 0 Å². The topological polar surface area (TPSA) is 20.3 Å². The highest BCUT2D eigenvalue weighted by atomic mass is 16.2. The van der Waals surface area contributed by atoms with Crippen molar-refractivity contribution in [3.8, 4) is 0 Å². The van der Waals surface area contributed by atoms with Crippen LogP contribution in [-0.4, -0.2) is 23.9 Å². The van der Waals surface area contributed by atoms with Crippen LogP contribution >= 0.6 is 0 Å². The lowest BCUT2D eigenvalue weighted by Gasteiger charge is -2.31. The molecule has 1 saturated heterocycles. The van der Waals surface area contributed by atoms with Gasteiger partial charge in [0, 0.05) is 19.5 Å². The van der Waals surface area contributed by atoms with Gasteiger partial charge >= 0.3 is 0 Å². The highest BCUT2D eigenvalue weighted by Crippen LogP contribution is 2.21. The van der Waals surface area contributed by atoms with Crippen LogP contribution in [0.4, 0.5) is 0 Å². The Labute approximate surface area is 87.0 Å². The number of hydrogen-bond acceptors (Lipinski definition) is 1. The quantitative estimate of drug-likeness (QED) is 0.631. The van der Waals surface area contributed by atoms with E-state index in [0.717, 1.165) is 44.7 Å². The van der Waals surface area contributed by atoms with Crippen LogP contribution < -0.4 is 0 Å². The number of piperidine rings is 1. The highest BCUT2D eigenvalue weighted by molar-refractivity contribution is 5.76. The van der Waals surface area contributed by atoms with Gasteiger partial charge in [0.1, 0.15) is 0 Å². The van der Waals surface area contributed by atoms with E-state index in [-0.39, 0.29) is 0 Å². The average Bonchev–Trinajstić information content (AvgIpc) is 2.20. The standard InChI is InChI=1S/C12H21NO/c1-3-5-11-7-9-13(10-8-11)12(14)6-4-2/h3,11H,1,4-10H2,2H3. The van der Waals surface area contributed by atoms with Gasteiger partial charge in [-0.15, -0.1) is 6.58 Å². The normalized spacial score (nSPS) is 18.2. The summed E-state index contributed by atoms with van der Waals surface area (Å²) >= 11 is 0. The fourth-order valence-corrected chi connectivity index (χ4v) is 2.03. The predicted molar refractivity (Wildman–Crippen MR) is 59.0 cm³/mol. The molecule has 2 nitrogen and oxygen atoms in total. The van der Waals surface area contributed by atoms with Gasteiger partial charge in [-0.3, -0.25) is 4.79 Å². The van der Waals surface area contributed by atoms with Gasteiger partial charge in [-0.05, 0) is 31.6 Å². The van der Waals surface area contributed by atoms with Crippen molar-refractivity contribution in [1.82, 2.24) is 4.90 Å². The van der Waals surface area contributed by atoms with Crippen LogP contribution in [0.5, 0.6) is 0 Å². The summed E-state index contributed by atoms with van der Waals surface area (Å²) < 4.78 is 0. The van der Waals surface area contributed by atoms with Crippen LogP contribution in [0.2, 0.25) is 0 Å². The number of nitrogens with zero attached hydrogens (tertiary/aromatic N) is 1. The average molecular weight is 195 g/mol. The Morgan fingerprint density at radius 1 is 1.50 bits per heavy atom. The molecule has 14 heavy (non-hydrogen) atoms. The molecule has 1 fully saturated rings. The van der Waals surface area contributed by atoms with E-state index >= 15 is 0 Å². The summed E-state index contributed by atoms with van der Waals surface area (Å²) in [4.78, 5) is 13.6. The van der Waals surface area contributed by atoms with Crippen molar-refractivity contribution in [2.24, 2.45) is 5.92 Å². The summed E-state index contributed by atoms with van der Waals surface area (Å²) in [7, 11) is 0. The van der Waals surface area contributed by atoms with Gasteiger partial charge in [-0.25, -0.2) is 0 Å². The Morgan fingerprint density at radius 2 is 2.14 bits per heavy atom. The van der Waals surface area contributed by atoms with Gasteiger partial charge in [0.15, 0.2) is 0 Å². The molecule has 0 saturated carbocycles. The lowest BCUT2D eigenvalue weighted by Crippen LogP contribution is -2.38. The number of likely N-dealkylation sites (tertiary alicyclic amines) is 1. The van der Waals surface area contributed by atoms with E-state index in [1.165, 1.54) is 0 Å². The van der Waals surface area contributed by atoms with E-state index in [0.29, 0.717) is 12.3 Å². The van der Waals surface area contributed by atoms with Gasteiger partial charge in [0.25, 0.3) is 0 Å². The first kappa shape index (κ1) is 11.3. The summed E-state index contributed by atoms with van der Waals surface area (Å²) in [5.41, 5.74) is 0. The third-order valence-electron chi connectivity index (χ3n) is 2.93. The minimum Gasteiger partial charge on any atom is -0.343 e. The minimum absolute atomic E-state index is 0.338. The van der Waals surface area contributed by atoms with Gasteiger partial charge < -0.3 is 4.90 Å². The predicted octanol–water partition coefficient (Wildman–Crippen LogP) is 2.60. The van der Waals surface area contributed by atoms with Crippen LogP contribution in [0.25, 0.3) is 0 Å². The van der Waals surface area contributed by atoms with Crippen LogP contribution in [-0.2, 0) is 4.79 Å². The first-order valence-corrected chi connectivity index (χ1v) is 5.66. The van der Waals surface area contributed by atoms with E-state index in [9.17, 15) is 4.79 Å². The number of amides is 1. The third-order valence-corrected chi connectivity index (χ3v) is 2.93. The number of rotatable bonds is 4. The molecule has 1 rings (SSSR count). The minimum atomic E-state index is 0.338. The molecule has 1 aliphatic rings. The Bertz CT molecular complexity index is 192. The van der Waals surface area contributed by atoms with Crippen molar-refractivity contribution in [3.63, 3.8) is 0 Å². The maximum atomic E-state index is 11.6. The first-order valence-electron chi connectivity index (χ1n) is 5.66. The van der Waals surface area contributed by atoms with Crippen LogP contribution in [0.15, 0.2) is 12.7 Å². The molecule has 0 aromatic heterocycles. The second-order valence-electron chi connectivity index (χ2n) is 4.10. The van der Waals surface area contributed by atoms with Gasteiger partial charge in [0.05, 0.1) is 0 Å². The lowest BCUT2D eigenvalue weighted by atomic mass is 9.93. The number of carbonyl (C=O) groups excluding carboxylic acids is 1. The Kier molecular flexibility index (Phi) is 4.71. The summed E-state index contributed by atoms with van der Waals surface area (Å²) in [5.74, 6) is 1.10. The second kappa shape index (κ2) is 5.84. The highest BCUT2D eigenvalue weighted by Gasteiger charge is 2.20. The van der Waals surface area contributed by atoms with Gasteiger partial charge in [0.2, 0.25) is 5.91 Å². The van der Waals surface area contributed by atoms with Crippen LogP contribution in [0.3, 0.4) is 0 Å². The molecule has 0 aromatic rings. The first-order chi connectivity index (χ1) is 6.77. The molecule has 0 N–H and O–H groups in total. The second-order valence-corrected chi connectivity index (χ2v) is 4.10. The van der Waals surface area contributed by atoms with Crippen molar-refractivity contribution in [3.05, 3.63) is 12.7 Å². The van der Waals surface area contributed by atoms with E-state index in [4.69, 9.17) is 0 Å². The molecular weight excluding hydrogens is 174 g/mol. The molecule has 0 aliphatic carbocycles. The molecule has 0 aromatic carbocycles. The zero-order valence-electron chi connectivity index (χ0n) is 9.17. The summed E-state index contributed by atoms with van der Waals surface area (Å²) in [5, 5.41) is 0. The molecule has 2 heteroatoms. The molecule has 1 heterocycles. The van der Waals surface area contributed by atoms with E-state index in [2.05, 4.69) is 13.5 Å². The summed E-state index contributed by atoms with van der Waals surface area (Å²) in [6.45, 7) is 7.73. The monoisotopic (exact) mass is 195 g/mol. The molecular formula is C12H21NO. The van der Waals surface area contributed by atoms with Crippen LogP contribution in [0, 0.1) is 5.92 Å². The number of hydrogen-bond donors (Lipinski definition) is 0.